The van der Waals surface area contributed by atoms with Gasteiger partial charge in [0.2, 0.25) is 4.80 Å². The zero-order valence-electron chi connectivity index (χ0n) is 11.0. The molecule has 1 aromatic heterocycles. The molecule has 1 aromatic carbocycles. The first kappa shape index (κ1) is 14.1. The molecule has 0 spiro atoms. The highest BCUT2D eigenvalue weighted by atomic mass is 79.9. The standard InChI is InChI=1S/C14H16BrN3S/c1-4-18-10(2)9-19-14(18)17-16-11(3)12-5-7-13(15)8-6-12/h5-9,16H,3-4H2,1-2H3. The second-order valence-corrected chi connectivity index (χ2v) is 5.87. The lowest BCUT2D eigenvalue weighted by atomic mass is 10.2. The largest absolute Gasteiger partial charge is 0.320 e. The third kappa shape index (κ3) is 3.36. The predicted octanol–water partition coefficient (Wildman–Crippen LogP) is 3.72. The maximum atomic E-state index is 4.42. The fourth-order valence-electron chi connectivity index (χ4n) is 1.72. The van der Waals surface area contributed by atoms with E-state index in [0.717, 1.165) is 27.1 Å². The van der Waals surface area contributed by atoms with E-state index in [4.69, 9.17) is 0 Å². The Hall–Kier alpha value is -1.33. The van der Waals surface area contributed by atoms with E-state index in [0.29, 0.717) is 0 Å². The Labute approximate surface area is 125 Å². The van der Waals surface area contributed by atoms with Crippen LogP contribution in [0.1, 0.15) is 18.2 Å². The second-order valence-electron chi connectivity index (χ2n) is 4.11. The first-order valence-electron chi connectivity index (χ1n) is 6.01. The molecule has 0 saturated heterocycles. The van der Waals surface area contributed by atoms with Gasteiger partial charge in [0.25, 0.3) is 0 Å². The molecule has 0 saturated carbocycles. The van der Waals surface area contributed by atoms with Crippen LogP contribution in [0, 0.1) is 6.92 Å². The minimum atomic E-state index is 0.793. The van der Waals surface area contributed by atoms with Crippen LogP contribution in [-0.2, 0) is 6.54 Å². The zero-order valence-corrected chi connectivity index (χ0v) is 13.4. The van der Waals surface area contributed by atoms with Crippen molar-refractivity contribution in [3.05, 3.63) is 56.8 Å². The molecule has 100 valence electrons. The van der Waals surface area contributed by atoms with Gasteiger partial charge in [-0.3, -0.25) is 5.43 Å². The number of benzene rings is 1. The van der Waals surface area contributed by atoms with Gasteiger partial charge in [-0.2, -0.15) is 0 Å². The maximum absolute atomic E-state index is 4.42. The van der Waals surface area contributed by atoms with E-state index in [1.54, 1.807) is 11.3 Å². The van der Waals surface area contributed by atoms with Crippen LogP contribution in [0.4, 0.5) is 0 Å². The second kappa shape index (κ2) is 6.21. The van der Waals surface area contributed by atoms with Gasteiger partial charge in [-0.05, 0) is 31.5 Å². The Morgan fingerprint density at radius 3 is 2.74 bits per heavy atom. The average molecular weight is 338 g/mol. The van der Waals surface area contributed by atoms with E-state index in [1.165, 1.54) is 5.69 Å². The highest BCUT2D eigenvalue weighted by molar-refractivity contribution is 9.10. The molecular formula is C14H16BrN3S. The molecule has 5 heteroatoms. The van der Waals surface area contributed by atoms with Gasteiger partial charge < -0.3 is 4.57 Å². The van der Waals surface area contributed by atoms with Crippen molar-refractivity contribution in [1.29, 1.82) is 0 Å². The minimum absolute atomic E-state index is 0.793. The molecule has 0 fully saturated rings. The molecule has 3 nitrogen and oxygen atoms in total. The van der Waals surface area contributed by atoms with E-state index in [9.17, 15) is 0 Å². The van der Waals surface area contributed by atoms with Crippen LogP contribution in [0.5, 0.6) is 0 Å². The first-order valence-corrected chi connectivity index (χ1v) is 7.68. The van der Waals surface area contributed by atoms with Crippen LogP contribution in [0.25, 0.3) is 5.70 Å². The summed E-state index contributed by atoms with van der Waals surface area (Å²) >= 11 is 5.04. The number of nitrogens with one attached hydrogen (secondary N) is 1. The van der Waals surface area contributed by atoms with Crippen LogP contribution in [-0.4, -0.2) is 4.57 Å². The molecule has 1 N–H and O–H groups in total. The van der Waals surface area contributed by atoms with Crippen LogP contribution in [0.2, 0.25) is 0 Å². The van der Waals surface area contributed by atoms with Gasteiger partial charge >= 0.3 is 0 Å². The number of hydrogen-bond acceptors (Lipinski definition) is 3. The van der Waals surface area contributed by atoms with Gasteiger partial charge in [0.15, 0.2) is 0 Å². The lowest BCUT2D eigenvalue weighted by molar-refractivity contribution is 0.694. The monoisotopic (exact) mass is 337 g/mol. The van der Waals surface area contributed by atoms with Crippen molar-refractivity contribution in [2.75, 3.05) is 0 Å². The summed E-state index contributed by atoms with van der Waals surface area (Å²) in [6.07, 6.45) is 0. The van der Waals surface area contributed by atoms with Crippen molar-refractivity contribution in [2.45, 2.75) is 20.4 Å². The fourth-order valence-corrected chi connectivity index (χ4v) is 2.88. The van der Waals surface area contributed by atoms with Crippen molar-refractivity contribution in [2.24, 2.45) is 5.10 Å². The lowest BCUT2D eigenvalue weighted by Gasteiger charge is -2.05. The number of rotatable bonds is 4. The van der Waals surface area contributed by atoms with Crippen LogP contribution in [0.3, 0.4) is 0 Å². The van der Waals surface area contributed by atoms with Crippen molar-refractivity contribution < 1.29 is 0 Å². The van der Waals surface area contributed by atoms with Crippen LogP contribution in [0.15, 0.2) is 45.8 Å². The topological polar surface area (TPSA) is 29.3 Å². The summed E-state index contributed by atoms with van der Waals surface area (Å²) in [5, 5.41) is 6.52. The van der Waals surface area contributed by atoms with Crippen molar-refractivity contribution in [3.8, 4) is 0 Å². The molecule has 2 aromatic rings. The van der Waals surface area contributed by atoms with Crippen LogP contribution >= 0.6 is 27.3 Å². The molecule has 0 bridgehead atoms. The van der Waals surface area contributed by atoms with Gasteiger partial charge in [-0.25, -0.2) is 0 Å². The Bertz CT molecular complexity index is 637. The van der Waals surface area contributed by atoms with E-state index in [-0.39, 0.29) is 0 Å². The predicted molar refractivity (Wildman–Crippen MR) is 84.6 cm³/mol. The molecule has 0 aliphatic rings. The van der Waals surface area contributed by atoms with Gasteiger partial charge in [-0.1, -0.05) is 34.6 Å². The summed E-state index contributed by atoms with van der Waals surface area (Å²) < 4.78 is 3.21. The summed E-state index contributed by atoms with van der Waals surface area (Å²) in [5.74, 6) is 0. The van der Waals surface area contributed by atoms with Gasteiger partial charge in [0, 0.05) is 22.1 Å². The number of aryl methyl sites for hydroxylation is 1. The van der Waals surface area contributed by atoms with Gasteiger partial charge in [0.1, 0.15) is 0 Å². The maximum Gasteiger partial charge on any atom is 0.208 e. The SMILES string of the molecule is C=C(NN=c1scc(C)n1CC)c1ccc(Br)cc1. The highest BCUT2D eigenvalue weighted by Crippen LogP contribution is 2.14. The molecule has 0 radical (unpaired) electrons. The summed E-state index contributed by atoms with van der Waals surface area (Å²) in [4.78, 5) is 0.957. The normalized spacial score (nSPS) is 11.6. The quantitative estimate of drug-likeness (QED) is 0.846. The molecule has 2 rings (SSSR count). The smallest absolute Gasteiger partial charge is 0.208 e. The number of hydrogen-bond donors (Lipinski definition) is 1. The minimum Gasteiger partial charge on any atom is -0.320 e. The van der Waals surface area contributed by atoms with Crippen molar-refractivity contribution in [1.82, 2.24) is 9.99 Å². The van der Waals surface area contributed by atoms with Crippen LogP contribution < -0.4 is 10.2 Å². The fraction of sp³-hybridized carbons (Fsp3) is 0.214. The lowest BCUT2D eigenvalue weighted by Crippen LogP contribution is -2.19. The molecule has 0 atom stereocenters. The van der Waals surface area contributed by atoms with E-state index in [2.05, 4.69) is 56.8 Å². The number of thiazole rings is 1. The Morgan fingerprint density at radius 1 is 1.42 bits per heavy atom. The van der Waals surface area contributed by atoms with Crippen molar-refractivity contribution in [3.63, 3.8) is 0 Å². The van der Waals surface area contributed by atoms with E-state index in [1.807, 2.05) is 24.3 Å². The first-order chi connectivity index (χ1) is 9.11. The van der Waals surface area contributed by atoms with Crippen molar-refractivity contribution >= 4 is 33.0 Å². The molecule has 0 amide bonds. The molecule has 0 aliphatic heterocycles. The third-order valence-corrected chi connectivity index (χ3v) is 4.30. The number of nitrogens with zero attached hydrogens (tertiary/aromatic N) is 2. The van der Waals surface area contributed by atoms with Gasteiger partial charge in [0.05, 0.1) is 5.70 Å². The Balaban J connectivity index is 2.17. The molecule has 0 aliphatic carbocycles. The molecule has 1 heterocycles. The summed E-state index contributed by atoms with van der Waals surface area (Å²) in [7, 11) is 0. The summed E-state index contributed by atoms with van der Waals surface area (Å²) in [6, 6.07) is 7.98. The van der Waals surface area contributed by atoms with E-state index < -0.39 is 0 Å². The Kier molecular flexibility index (Phi) is 4.61. The van der Waals surface area contributed by atoms with Gasteiger partial charge in [-0.15, -0.1) is 16.4 Å². The highest BCUT2D eigenvalue weighted by Gasteiger charge is 2.00. The molecule has 19 heavy (non-hydrogen) atoms. The zero-order chi connectivity index (χ0) is 13.8. The summed E-state index contributed by atoms with van der Waals surface area (Å²) in [6.45, 7) is 9.12. The third-order valence-electron chi connectivity index (χ3n) is 2.79. The Morgan fingerprint density at radius 2 is 2.11 bits per heavy atom. The number of halogens is 1. The molecular weight excluding hydrogens is 322 g/mol. The van der Waals surface area contributed by atoms with E-state index >= 15 is 0 Å². The molecule has 0 unspecified atom stereocenters. The number of aromatic nitrogens is 1. The average Bonchev–Trinajstić information content (AvgIpc) is 2.77. The summed E-state index contributed by atoms with van der Waals surface area (Å²) in [5.41, 5.74) is 6.08.